The number of halogens is 2. The number of hydrogen-bond acceptors (Lipinski definition) is 2. The highest BCUT2D eigenvalue weighted by Gasteiger charge is 2.10. The van der Waals surface area contributed by atoms with Crippen molar-refractivity contribution in [1.29, 1.82) is 0 Å². The van der Waals surface area contributed by atoms with E-state index >= 15 is 0 Å². The summed E-state index contributed by atoms with van der Waals surface area (Å²) in [5.41, 5.74) is 2.76. The molecule has 0 aliphatic carbocycles. The number of carbonyl (C=O) groups excluding carboxylic acids is 1. The summed E-state index contributed by atoms with van der Waals surface area (Å²) in [5, 5.41) is 3.72. The molecule has 0 bridgehead atoms. The predicted molar refractivity (Wildman–Crippen MR) is 87.6 cm³/mol. The highest BCUT2D eigenvalue weighted by molar-refractivity contribution is 6.30. The zero-order valence-electron chi connectivity index (χ0n) is 12.6. The summed E-state index contributed by atoms with van der Waals surface area (Å²) in [6.07, 6.45) is 0. The first-order chi connectivity index (χ1) is 10.5. The largest absolute Gasteiger partial charge is 0.376 e. The van der Waals surface area contributed by atoms with Gasteiger partial charge >= 0.3 is 0 Å². The molecule has 0 fully saturated rings. The summed E-state index contributed by atoms with van der Waals surface area (Å²) >= 11 is 5.95. The number of anilines is 1. The van der Waals surface area contributed by atoms with Gasteiger partial charge in [-0.25, -0.2) is 4.39 Å². The minimum Gasteiger partial charge on any atom is -0.376 e. The van der Waals surface area contributed by atoms with Crippen LogP contribution in [0.2, 0.25) is 5.02 Å². The molecule has 0 heterocycles. The Morgan fingerprint density at radius 2 is 1.91 bits per heavy atom. The van der Waals surface area contributed by atoms with Crippen LogP contribution in [0.5, 0.6) is 0 Å². The Balaban J connectivity index is 1.91. The van der Waals surface area contributed by atoms with Crippen molar-refractivity contribution in [1.82, 2.24) is 4.90 Å². The van der Waals surface area contributed by atoms with Gasteiger partial charge in [0.15, 0.2) is 0 Å². The smallest absolute Gasteiger partial charge is 0.241 e. The first kappa shape index (κ1) is 16.3. The number of benzene rings is 2. The molecule has 0 atom stereocenters. The molecule has 22 heavy (non-hydrogen) atoms. The standard InChI is InChI=1S/C17H18ClFN2O/c1-12-3-6-14(18)9-16(12)20-10-17(22)21(2)11-13-4-7-15(19)8-5-13/h3-9,20H,10-11H2,1-2H3. The maximum atomic E-state index is 12.9. The van der Waals surface area contributed by atoms with Gasteiger partial charge in [-0.1, -0.05) is 29.8 Å². The van der Waals surface area contributed by atoms with E-state index in [-0.39, 0.29) is 18.3 Å². The molecule has 2 rings (SSSR count). The Kier molecular flexibility index (Phi) is 5.39. The topological polar surface area (TPSA) is 32.3 Å². The number of aryl methyl sites for hydroxylation is 1. The van der Waals surface area contributed by atoms with Crippen LogP contribution >= 0.6 is 11.6 Å². The lowest BCUT2D eigenvalue weighted by Crippen LogP contribution is -2.31. The minimum atomic E-state index is -0.282. The fourth-order valence-corrected chi connectivity index (χ4v) is 2.21. The second-order valence-electron chi connectivity index (χ2n) is 5.19. The van der Waals surface area contributed by atoms with E-state index < -0.39 is 0 Å². The van der Waals surface area contributed by atoms with Crippen molar-refractivity contribution in [2.24, 2.45) is 0 Å². The van der Waals surface area contributed by atoms with E-state index in [0.29, 0.717) is 11.6 Å². The number of amides is 1. The second-order valence-corrected chi connectivity index (χ2v) is 5.63. The Morgan fingerprint density at radius 1 is 1.23 bits per heavy atom. The minimum absolute atomic E-state index is 0.0521. The van der Waals surface area contributed by atoms with Crippen LogP contribution in [0.15, 0.2) is 42.5 Å². The summed E-state index contributed by atoms with van der Waals surface area (Å²) in [5.74, 6) is -0.334. The summed E-state index contributed by atoms with van der Waals surface area (Å²) in [6, 6.07) is 11.6. The summed E-state index contributed by atoms with van der Waals surface area (Å²) in [4.78, 5) is 13.7. The summed E-state index contributed by atoms with van der Waals surface area (Å²) in [6.45, 7) is 2.57. The van der Waals surface area contributed by atoms with Crippen molar-refractivity contribution in [3.05, 3.63) is 64.4 Å². The maximum absolute atomic E-state index is 12.9. The van der Waals surface area contributed by atoms with Gasteiger partial charge in [-0.05, 0) is 42.3 Å². The van der Waals surface area contributed by atoms with Crippen LogP contribution < -0.4 is 5.32 Å². The first-order valence-electron chi connectivity index (χ1n) is 6.94. The highest BCUT2D eigenvalue weighted by atomic mass is 35.5. The van der Waals surface area contributed by atoms with Crippen molar-refractivity contribution >= 4 is 23.2 Å². The average molecular weight is 321 g/mol. The third-order valence-corrected chi connectivity index (χ3v) is 3.62. The van der Waals surface area contributed by atoms with Crippen molar-refractivity contribution in [3.63, 3.8) is 0 Å². The lowest BCUT2D eigenvalue weighted by molar-refractivity contribution is -0.128. The molecular formula is C17H18ClFN2O. The van der Waals surface area contributed by atoms with Gasteiger partial charge in [0.2, 0.25) is 5.91 Å². The Bertz CT molecular complexity index is 658. The van der Waals surface area contributed by atoms with E-state index in [0.717, 1.165) is 16.8 Å². The molecule has 1 N–H and O–H groups in total. The number of carbonyl (C=O) groups is 1. The van der Waals surface area contributed by atoms with E-state index in [1.165, 1.54) is 12.1 Å². The highest BCUT2D eigenvalue weighted by Crippen LogP contribution is 2.19. The monoisotopic (exact) mass is 320 g/mol. The average Bonchev–Trinajstić information content (AvgIpc) is 2.50. The van der Waals surface area contributed by atoms with Crippen LogP contribution in [0.4, 0.5) is 10.1 Å². The van der Waals surface area contributed by atoms with Crippen LogP contribution in [-0.4, -0.2) is 24.4 Å². The third kappa shape index (κ3) is 4.46. The molecular weight excluding hydrogens is 303 g/mol. The van der Waals surface area contributed by atoms with Gasteiger partial charge in [-0.3, -0.25) is 4.79 Å². The zero-order valence-corrected chi connectivity index (χ0v) is 13.3. The Hall–Kier alpha value is -2.07. The molecule has 116 valence electrons. The maximum Gasteiger partial charge on any atom is 0.241 e. The molecule has 2 aromatic carbocycles. The van der Waals surface area contributed by atoms with E-state index in [1.807, 2.05) is 19.1 Å². The van der Waals surface area contributed by atoms with Crippen LogP contribution in [0.1, 0.15) is 11.1 Å². The van der Waals surface area contributed by atoms with Gasteiger partial charge in [0, 0.05) is 24.3 Å². The van der Waals surface area contributed by atoms with Crippen LogP contribution in [0.3, 0.4) is 0 Å². The van der Waals surface area contributed by atoms with Gasteiger partial charge < -0.3 is 10.2 Å². The molecule has 1 amide bonds. The second kappa shape index (κ2) is 7.27. The normalized spacial score (nSPS) is 10.4. The lowest BCUT2D eigenvalue weighted by Gasteiger charge is -2.18. The number of nitrogens with one attached hydrogen (secondary N) is 1. The fraction of sp³-hybridized carbons (Fsp3) is 0.235. The Morgan fingerprint density at radius 3 is 2.59 bits per heavy atom. The van der Waals surface area contributed by atoms with E-state index in [2.05, 4.69) is 5.32 Å². The Labute approximate surface area is 134 Å². The summed E-state index contributed by atoms with van der Waals surface area (Å²) in [7, 11) is 1.72. The predicted octanol–water partition coefficient (Wildman–Crippen LogP) is 3.86. The fourth-order valence-electron chi connectivity index (χ4n) is 2.04. The molecule has 0 aliphatic heterocycles. The van der Waals surface area contributed by atoms with Gasteiger partial charge in [0.25, 0.3) is 0 Å². The number of likely N-dealkylation sites (N-methyl/N-ethyl adjacent to an activating group) is 1. The van der Waals surface area contributed by atoms with Crippen molar-refractivity contribution in [3.8, 4) is 0 Å². The van der Waals surface area contributed by atoms with Crippen molar-refractivity contribution < 1.29 is 9.18 Å². The van der Waals surface area contributed by atoms with E-state index in [1.54, 1.807) is 30.1 Å². The molecule has 2 aromatic rings. The van der Waals surface area contributed by atoms with Crippen LogP contribution in [0, 0.1) is 12.7 Å². The molecule has 3 nitrogen and oxygen atoms in total. The van der Waals surface area contributed by atoms with Crippen molar-refractivity contribution in [2.45, 2.75) is 13.5 Å². The molecule has 0 saturated heterocycles. The molecule has 0 spiro atoms. The van der Waals surface area contributed by atoms with Gasteiger partial charge in [0.1, 0.15) is 5.82 Å². The van der Waals surface area contributed by atoms with Crippen LogP contribution in [0.25, 0.3) is 0 Å². The van der Waals surface area contributed by atoms with Gasteiger partial charge in [-0.2, -0.15) is 0 Å². The molecule has 0 aliphatic rings. The molecule has 0 unspecified atom stereocenters. The molecule has 5 heteroatoms. The molecule has 0 radical (unpaired) electrons. The SMILES string of the molecule is Cc1ccc(Cl)cc1NCC(=O)N(C)Cc1ccc(F)cc1. The van der Waals surface area contributed by atoms with Crippen molar-refractivity contribution in [2.75, 3.05) is 18.9 Å². The summed E-state index contributed by atoms with van der Waals surface area (Å²) < 4.78 is 12.9. The number of nitrogens with zero attached hydrogens (tertiary/aromatic N) is 1. The quantitative estimate of drug-likeness (QED) is 0.907. The molecule has 0 saturated carbocycles. The molecule has 0 aromatic heterocycles. The van der Waals surface area contributed by atoms with Gasteiger partial charge in [0.05, 0.1) is 6.54 Å². The zero-order chi connectivity index (χ0) is 16.1. The van der Waals surface area contributed by atoms with Gasteiger partial charge in [-0.15, -0.1) is 0 Å². The third-order valence-electron chi connectivity index (χ3n) is 3.39. The number of rotatable bonds is 5. The van der Waals surface area contributed by atoms with E-state index in [9.17, 15) is 9.18 Å². The van der Waals surface area contributed by atoms with E-state index in [4.69, 9.17) is 11.6 Å². The number of hydrogen-bond donors (Lipinski definition) is 1. The van der Waals surface area contributed by atoms with Crippen LogP contribution in [-0.2, 0) is 11.3 Å². The lowest BCUT2D eigenvalue weighted by atomic mass is 10.2. The first-order valence-corrected chi connectivity index (χ1v) is 7.32.